The quantitative estimate of drug-likeness (QED) is 0.578. The number of carbonyl (C=O) groups is 1. The van der Waals surface area contributed by atoms with Crippen LogP contribution in [-0.4, -0.2) is 29.6 Å². The van der Waals surface area contributed by atoms with Crippen LogP contribution in [-0.2, 0) is 4.74 Å². The average molecular weight is 205 g/mol. The zero-order chi connectivity index (χ0) is 11.3. The fourth-order valence-corrected chi connectivity index (χ4v) is 0.993. The topological polar surface area (TPSA) is 64.1 Å². The van der Waals surface area contributed by atoms with E-state index >= 15 is 0 Å². The van der Waals surface area contributed by atoms with Crippen molar-refractivity contribution in [3.8, 4) is 12.3 Å². The lowest BCUT2D eigenvalue weighted by Gasteiger charge is -2.05. The van der Waals surface area contributed by atoms with Crippen molar-refractivity contribution in [2.75, 3.05) is 19.0 Å². The average Bonchev–Trinajstić information content (AvgIpc) is 2.25. The third-order valence-corrected chi connectivity index (χ3v) is 1.73. The first-order valence-electron chi connectivity index (χ1n) is 4.28. The van der Waals surface area contributed by atoms with Crippen molar-refractivity contribution in [3.63, 3.8) is 0 Å². The summed E-state index contributed by atoms with van der Waals surface area (Å²) in [6.45, 7) is 2.05. The highest BCUT2D eigenvalue weighted by Gasteiger charge is 2.11. The van der Waals surface area contributed by atoms with Crippen LogP contribution in [0.25, 0.3) is 0 Å². The van der Waals surface area contributed by atoms with Crippen molar-refractivity contribution in [2.45, 2.75) is 6.92 Å². The maximum Gasteiger partial charge on any atom is 0.341 e. The first-order valence-corrected chi connectivity index (χ1v) is 4.28. The van der Waals surface area contributed by atoms with Crippen molar-refractivity contribution in [1.82, 2.24) is 9.97 Å². The Labute approximate surface area is 87.9 Å². The van der Waals surface area contributed by atoms with Gasteiger partial charge in [0, 0.05) is 6.20 Å². The van der Waals surface area contributed by atoms with E-state index in [9.17, 15) is 4.79 Å². The molecule has 1 aromatic rings. The van der Waals surface area contributed by atoms with Crippen LogP contribution in [0.3, 0.4) is 0 Å². The number of terminal acetylenes is 1. The monoisotopic (exact) mass is 205 g/mol. The first kappa shape index (κ1) is 11.0. The standard InChI is InChI=1S/C10H11N3O2/c1-4-5-11-10-12-6-8(7(2)13-10)9(14)15-3/h1,6H,5H2,2-3H3,(H,11,12,13). The highest BCUT2D eigenvalue weighted by atomic mass is 16.5. The second kappa shape index (κ2) is 4.96. The molecule has 0 unspecified atom stereocenters. The second-order valence-electron chi connectivity index (χ2n) is 2.74. The van der Waals surface area contributed by atoms with Gasteiger partial charge in [0.15, 0.2) is 0 Å². The van der Waals surface area contributed by atoms with Crippen LogP contribution in [0.5, 0.6) is 0 Å². The van der Waals surface area contributed by atoms with Gasteiger partial charge in [-0.25, -0.2) is 14.8 Å². The lowest BCUT2D eigenvalue weighted by atomic mass is 10.2. The molecule has 15 heavy (non-hydrogen) atoms. The van der Waals surface area contributed by atoms with Gasteiger partial charge in [0.05, 0.1) is 24.9 Å². The van der Waals surface area contributed by atoms with E-state index in [0.29, 0.717) is 23.8 Å². The van der Waals surface area contributed by atoms with Crippen molar-refractivity contribution < 1.29 is 9.53 Å². The fraction of sp³-hybridized carbons (Fsp3) is 0.300. The number of aryl methyl sites for hydroxylation is 1. The van der Waals surface area contributed by atoms with Crippen LogP contribution in [0.2, 0.25) is 0 Å². The van der Waals surface area contributed by atoms with Crippen LogP contribution in [0.15, 0.2) is 6.20 Å². The van der Waals surface area contributed by atoms with Gasteiger partial charge < -0.3 is 10.1 Å². The Bertz CT molecular complexity index is 410. The van der Waals surface area contributed by atoms with Gasteiger partial charge in [0.2, 0.25) is 5.95 Å². The van der Waals surface area contributed by atoms with Crippen LogP contribution in [0.1, 0.15) is 16.1 Å². The predicted molar refractivity (Wildman–Crippen MR) is 55.4 cm³/mol. The summed E-state index contributed by atoms with van der Waals surface area (Å²) in [6.07, 6.45) is 6.48. The summed E-state index contributed by atoms with van der Waals surface area (Å²) in [4.78, 5) is 19.2. The maximum atomic E-state index is 11.2. The van der Waals surface area contributed by atoms with Gasteiger partial charge in [-0.05, 0) is 6.92 Å². The Morgan fingerprint density at radius 1 is 1.73 bits per heavy atom. The molecule has 1 aromatic heterocycles. The van der Waals surface area contributed by atoms with Gasteiger partial charge in [-0.3, -0.25) is 0 Å². The minimum Gasteiger partial charge on any atom is -0.465 e. The molecule has 0 saturated carbocycles. The highest BCUT2D eigenvalue weighted by molar-refractivity contribution is 5.90. The van der Waals surface area contributed by atoms with Crippen molar-refractivity contribution >= 4 is 11.9 Å². The number of nitrogens with one attached hydrogen (secondary N) is 1. The second-order valence-corrected chi connectivity index (χ2v) is 2.74. The number of nitrogens with zero attached hydrogens (tertiary/aromatic N) is 2. The molecule has 0 spiro atoms. The Kier molecular flexibility index (Phi) is 3.63. The Morgan fingerprint density at radius 3 is 3.00 bits per heavy atom. The van der Waals surface area contributed by atoms with Gasteiger partial charge in [-0.15, -0.1) is 6.42 Å². The smallest absolute Gasteiger partial charge is 0.341 e. The summed E-state index contributed by atoms with van der Waals surface area (Å²) in [5, 5.41) is 2.81. The van der Waals surface area contributed by atoms with E-state index < -0.39 is 5.97 Å². The Hall–Kier alpha value is -2.09. The zero-order valence-electron chi connectivity index (χ0n) is 8.57. The lowest BCUT2D eigenvalue weighted by Crippen LogP contribution is -2.10. The number of hydrogen-bond acceptors (Lipinski definition) is 5. The van der Waals surface area contributed by atoms with Gasteiger partial charge >= 0.3 is 5.97 Å². The molecule has 0 aliphatic heterocycles. The molecule has 0 fully saturated rings. The van der Waals surface area contributed by atoms with E-state index in [4.69, 9.17) is 6.42 Å². The van der Waals surface area contributed by atoms with E-state index in [1.807, 2.05) is 0 Å². The minimum atomic E-state index is -0.448. The van der Waals surface area contributed by atoms with Crippen LogP contribution >= 0.6 is 0 Å². The molecule has 5 heteroatoms. The molecule has 5 nitrogen and oxygen atoms in total. The number of esters is 1. The van der Waals surface area contributed by atoms with Gasteiger partial charge in [-0.1, -0.05) is 5.92 Å². The van der Waals surface area contributed by atoms with Crippen molar-refractivity contribution in [1.29, 1.82) is 0 Å². The number of hydrogen-bond donors (Lipinski definition) is 1. The number of aromatic nitrogens is 2. The first-order chi connectivity index (χ1) is 7.19. The third-order valence-electron chi connectivity index (χ3n) is 1.73. The molecule has 1 rings (SSSR count). The summed E-state index contributed by atoms with van der Waals surface area (Å²) >= 11 is 0. The molecule has 1 N–H and O–H groups in total. The Balaban J connectivity index is 2.89. The zero-order valence-corrected chi connectivity index (χ0v) is 8.57. The molecule has 0 amide bonds. The predicted octanol–water partition coefficient (Wildman–Crippen LogP) is 0.617. The summed E-state index contributed by atoms with van der Waals surface area (Å²) in [7, 11) is 1.31. The van der Waals surface area contributed by atoms with E-state index in [0.717, 1.165) is 0 Å². The Morgan fingerprint density at radius 2 is 2.47 bits per heavy atom. The molecule has 0 aliphatic rings. The largest absolute Gasteiger partial charge is 0.465 e. The van der Waals surface area contributed by atoms with Crippen molar-refractivity contribution in [3.05, 3.63) is 17.5 Å². The molecule has 0 aromatic carbocycles. The van der Waals surface area contributed by atoms with Crippen LogP contribution < -0.4 is 5.32 Å². The summed E-state index contributed by atoms with van der Waals surface area (Å²) < 4.78 is 4.57. The normalized spacial score (nSPS) is 9.13. The molecule has 0 atom stereocenters. The third kappa shape index (κ3) is 2.68. The van der Waals surface area contributed by atoms with E-state index in [2.05, 4.69) is 25.9 Å². The summed E-state index contributed by atoms with van der Waals surface area (Å²) in [5.41, 5.74) is 0.903. The maximum absolute atomic E-state index is 11.2. The van der Waals surface area contributed by atoms with Gasteiger partial charge in [0.1, 0.15) is 0 Å². The SMILES string of the molecule is C#CCNc1ncc(C(=O)OC)c(C)n1. The van der Waals surface area contributed by atoms with Gasteiger partial charge in [-0.2, -0.15) is 0 Å². The summed E-state index contributed by atoms with van der Waals surface area (Å²) in [5.74, 6) is 2.35. The van der Waals surface area contributed by atoms with E-state index in [-0.39, 0.29) is 0 Å². The number of anilines is 1. The van der Waals surface area contributed by atoms with Gasteiger partial charge in [0.25, 0.3) is 0 Å². The molecule has 0 saturated heterocycles. The molecule has 0 radical (unpaired) electrons. The number of ether oxygens (including phenoxy) is 1. The molecule has 1 heterocycles. The minimum absolute atomic E-state index is 0.344. The number of methoxy groups -OCH3 is 1. The van der Waals surface area contributed by atoms with Crippen LogP contribution in [0.4, 0.5) is 5.95 Å². The number of carbonyl (C=O) groups excluding carboxylic acids is 1. The molecular weight excluding hydrogens is 194 g/mol. The summed E-state index contributed by atoms with van der Waals surface area (Å²) in [6, 6.07) is 0. The fourth-order valence-electron chi connectivity index (χ4n) is 0.993. The lowest BCUT2D eigenvalue weighted by molar-refractivity contribution is 0.0599. The van der Waals surface area contributed by atoms with Crippen LogP contribution in [0, 0.1) is 19.3 Å². The highest BCUT2D eigenvalue weighted by Crippen LogP contribution is 2.07. The van der Waals surface area contributed by atoms with E-state index in [1.165, 1.54) is 13.3 Å². The molecular formula is C10H11N3O2. The molecule has 0 bridgehead atoms. The van der Waals surface area contributed by atoms with E-state index in [1.54, 1.807) is 6.92 Å². The number of rotatable bonds is 3. The van der Waals surface area contributed by atoms with Crippen molar-refractivity contribution in [2.24, 2.45) is 0 Å². The molecule has 78 valence electrons. The molecule has 0 aliphatic carbocycles.